The second-order valence-corrected chi connectivity index (χ2v) is 10.2. The first-order valence-electron chi connectivity index (χ1n) is 8.39. The Bertz CT molecular complexity index is 294. The van der Waals surface area contributed by atoms with Crippen molar-refractivity contribution in [2.75, 3.05) is 13.7 Å². The first-order valence-corrected chi connectivity index (χ1v) is 10.9. The molecule has 0 rings (SSSR count). The lowest BCUT2D eigenvalue weighted by Crippen LogP contribution is -2.36. The standard InChI is InChI=1S/C17H34O3Si/c1-6-8-13-21(19-5,14-9-7-2)15-11-10-12-20-17(18)16(3)4/h3,6-15H2,1-2,4-5H3. The first-order chi connectivity index (χ1) is 10.0. The quantitative estimate of drug-likeness (QED) is 0.206. The van der Waals surface area contributed by atoms with Crippen molar-refractivity contribution < 1.29 is 14.0 Å². The maximum absolute atomic E-state index is 11.3. The Morgan fingerprint density at radius 1 is 1.00 bits per heavy atom. The van der Waals surface area contributed by atoms with Crippen molar-refractivity contribution in [3.63, 3.8) is 0 Å². The molecular formula is C17H34O3Si. The van der Waals surface area contributed by atoms with E-state index in [4.69, 9.17) is 9.16 Å². The van der Waals surface area contributed by atoms with Crippen molar-refractivity contribution in [2.45, 2.75) is 77.4 Å². The number of hydrogen-bond acceptors (Lipinski definition) is 3. The average Bonchev–Trinajstić information content (AvgIpc) is 2.48. The predicted octanol–water partition coefficient (Wildman–Crippen LogP) is 5.08. The van der Waals surface area contributed by atoms with Gasteiger partial charge in [-0.2, -0.15) is 0 Å². The number of ether oxygens (including phenoxy) is 1. The second-order valence-electron chi connectivity index (χ2n) is 5.97. The molecule has 0 spiro atoms. The molecule has 0 atom stereocenters. The number of unbranched alkanes of at least 4 members (excludes halogenated alkanes) is 3. The molecule has 0 bridgehead atoms. The van der Waals surface area contributed by atoms with Crippen LogP contribution in [0.4, 0.5) is 0 Å². The van der Waals surface area contributed by atoms with Gasteiger partial charge in [-0.05, 0) is 31.5 Å². The topological polar surface area (TPSA) is 35.5 Å². The van der Waals surface area contributed by atoms with Gasteiger partial charge in [0.1, 0.15) is 0 Å². The Balaban J connectivity index is 4.15. The van der Waals surface area contributed by atoms with Gasteiger partial charge in [0.25, 0.3) is 0 Å². The maximum atomic E-state index is 11.3. The third kappa shape index (κ3) is 9.09. The van der Waals surface area contributed by atoms with Crippen LogP contribution in [0.3, 0.4) is 0 Å². The minimum Gasteiger partial charge on any atom is -0.462 e. The number of carbonyl (C=O) groups excluding carboxylic acids is 1. The molecule has 0 fully saturated rings. The van der Waals surface area contributed by atoms with E-state index in [1.165, 1.54) is 43.8 Å². The Hall–Kier alpha value is -0.613. The summed E-state index contributed by atoms with van der Waals surface area (Å²) in [4.78, 5) is 11.3. The van der Waals surface area contributed by atoms with E-state index >= 15 is 0 Å². The smallest absolute Gasteiger partial charge is 0.333 e. The highest BCUT2D eigenvalue weighted by molar-refractivity contribution is 6.73. The van der Waals surface area contributed by atoms with E-state index in [0.29, 0.717) is 12.2 Å². The molecule has 0 unspecified atom stereocenters. The molecule has 0 saturated heterocycles. The zero-order chi connectivity index (χ0) is 16.1. The molecule has 21 heavy (non-hydrogen) atoms. The Kier molecular flexibility index (Phi) is 11.6. The Morgan fingerprint density at radius 3 is 1.95 bits per heavy atom. The largest absolute Gasteiger partial charge is 0.462 e. The van der Waals surface area contributed by atoms with E-state index in [0.717, 1.165) is 12.8 Å². The molecule has 0 amide bonds. The van der Waals surface area contributed by atoms with Crippen LogP contribution >= 0.6 is 0 Å². The number of esters is 1. The van der Waals surface area contributed by atoms with Crippen LogP contribution in [-0.2, 0) is 14.0 Å². The summed E-state index contributed by atoms with van der Waals surface area (Å²) < 4.78 is 11.2. The van der Waals surface area contributed by atoms with Crippen molar-refractivity contribution in [1.82, 2.24) is 0 Å². The summed E-state index contributed by atoms with van der Waals surface area (Å²) >= 11 is 0. The van der Waals surface area contributed by atoms with Crippen molar-refractivity contribution in [3.8, 4) is 0 Å². The monoisotopic (exact) mass is 314 g/mol. The van der Waals surface area contributed by atoms with Crippen LogP contribution in [0.2, 0.25) is 18.1 Å². The summed E-state index contributed by atoms with van der Waals surface area (Å²) in [6.07, 6.45) is 7.04. The fraction of sp³-hybridized carbons (Fsp3) is 0.824. The average molecular weight is 315 g/mol. The lowest BCUT2D eigenvalue weighted by Gasteiger charge is -2.30. The van der Waals surface area contributed by atoms with Gasteiger partial charge in [0.05, 0.1) is 6.61 Å². The normalized spacial score (nSPS) is 11.4. The van der Waals surface area contributed by atoms with Gasteiger partial charge in [0, 0.05) is 12.7 Å². The van der Waals surface area contributed by atoms with Crippen LogP contribution in [0.5, 0.6) is 0 Å². The van der Waals surface area contributed by atoms with E-state index in [1.54, 1.807) is 6.92 Å². The number of hydrogen-bond donors (Lipinski definition) is 0. The van der Waals surface area contributed by atoms with Gasteiger partial charge in [-0.15, -0.1) is 0 Å². The highest BCUT2D eigenvalue weighted by Gasteiger charge is 2.31. The summed E-state index contributed by atoms with van der Waals surface area (Å²) in [5, 5.41) is 0. The summed E-state index contributed by atoms with van der Waals surface area (Å²) in [5.41, 5.74) is 0.474. The summed E-state index contributed by atoms with van der Waals surface area (Å²) in [6.45, 7) is 10.3. The van der Waals surface area contributed by atoms with E-state index in [2.05, 4.69) is 20.4 Å². The van der Waals surface area contributed by atoms with Gasteiger partial charge in [-0.3, -0.25) is 0 Å². The van der Waals surface area contributed by atoms with Crippen LogP contribution in [0.15, 0.2) is 12.2 Å². The molecule has 4 heteroatoms. The minimum absolute atomic E-state index is 0.276. The van der Waals surface area contributed by atoms with Gasteiger partial charge in [0.15, 0.2) is 8.32 Å². The molecule has 0 radical (unpaired) electrons. The maximum Gasteiger partial charge on any atom is 0.333 e. The van der Waals surface area contributed by atoms with Crippen LogP contribution in [0.25, 0.3) is 0 Å². The molecule has 0 aromatic heterocycles. The molecule has 0 N–H and O–H groups in total. The van der Waals surface area contributed by atoms with E-state index in [-0.39, 0.29) is 5.97 Å². The van der Waals surface area contributed by atoms with Gasteiger partial charge in [-0.1, -0.05) is 52.5 Å². The molecule has 0 aromatic rings. The molecular weight excluding hydrogens is 280 g/mol. The number of carbonyl (C=O) groups is 1. The van der Waals surface area contributed by atoms with Crippen LogP contribution in [0, 0.1) is 0 Å². The predicted molar refractivity (Wildman–Crippen MR) is 92.0 cm³/mol. The van der Waals surface area contributed by atoms with Gasteiger partial charge in [0.2, 0.25) is 0 Å². The van der Waals surface area contributed by atoms with Crippen LogP contribution in [0.1, 0.15) is 59.3 Å². The highest BCUT2D eigenvalue weighted by Crippen LogP contribution is 2.28. The summed E-state index contributed by atoms with van der Waals surface area (Å²) in [6, 6.07) is 3.73. The molecule has 0 aliphatic rings. The highest BCUT2D eigenvalue weighted by atomic mass is 28.4. The van der Waals surface area contributed by atoms with Crippen molar-refractivity contribution >= 4 is 14.3 Å². The molecule has 124 valence electrons. The van der Waals surface area contributed by atoms with Crippen LogP contribution in [-0.4, -0.2) is 28.0 Å². The lowest BCUT2D eigenvalue weighted by molar-refractivity contribution is -0.139. The van der Waals surface area contributed by atoms with Gasteiger partial charge >= 0.3 is 5.97 Å². The van der Waals surface area contributed by atoms with Crippen LogP contribution < -0.4 is 0 Å². The van der Waals surface area contributed by atoms with Gasteiger partial charge in [-0.25, -0.2) is 4.79 Å². The Labute approximate surface area is 132 Å². The minimum atomic E-state index is -1.57. The molecule has 3 nitrogen and oxygen atoms in total. The molecule has 0 aliphatic carbocycles. The van der Waals surface area contributed by atoms with Gasteiger partial charge < -0.3 is 9.16 Å². The molecule has 0 heterocycles. The fourth-order valence-corrected chi connectivity index (χ4v) is 6.77. The van der Waals surface area contributed by atoms with E-state index < -0.39 is 8.32 Å². The molecule has 0 aliphatic heterocycles. The molecule has 0 aromatic carbocycles. The Morgan fingerprint density at radius 2 is 1.52 bits per heavy atom. The third-order valence-electron chi connectivity index (χ3n) is 4.01. The zero-order valence-corrected chi connectivity index (χ0v) is 15.5. The lowest BCUT2D eigenvalue weighted by atomic mass is 10.3. The van der Waals surface area contributed by atoms with Crippen molar-refractivity contribution in [3.05, 3.63) is 12.2 Å². The van der Waals surface area contributed by atoms with E-state index in [9.17, 15) is 4.79 Å². The zero-order valence-electron chi connectivity index (χ0n) is 14.5. The molecule has 0 saturated carbocycles. The van der Waals surface area contributed by atoms with Crippen molar-refractivity contribution in [2.24, 2.45) is 0 Å². The van der Waals surface area contributed by atoms with E-state index in [1.807, 2.05) is 7.11 Å². The number of rotatable bonds is 13. The SMILES string of the molecule is C=C(C)C(=O)OCCCC[Si](CCCC)(CCCC)OC. The third-order valence-corrected chi connectivity index (χ3v) is 8.67. The van der Waals surface area contributed by atoms with Crippen molar-refractivity contribution in [1.29, 1.82) is 0 Å². The first kappa shape index (κ1) is 20.4. The summed E-state index contributed by atoms with van der Waals surface area (Å²) in [5.74, 6) is -0.276. The second kappa shape index (κ2) is 12.0. The fourth-order valence-electron chi connectivity index (χ4n) is 2.52. The summed E-state index contributed by atoms with van der Waals surface area (Å²) in [7, 11) is 0.333.